The van der Waals surface area contributed by atoms with Crippen molar-refractivity contribution in [2.24, 2.45) is 0 Å². The first-order chi connectivity index (χ1) is 10.1. The molecular weight excluding hydrogens is 287 g/mol. The summed E-state index contributed by atoms with van der Waals surface area (Å²) in [5.74, 6) is -0.215. The Morgan fingerprint density at radius 1 is 1.24 bits per heavy atom. The van der Waals surface area contributed by atoms with Crippen molar-refractivity contribution in [2.45, 2.75) is 46.1 Å². The van der Waals surface area contributed by atoms with E-state index in [2.05, 4.69) is 31.0 Å². The molecule has 1 atom stereocenters. The van der Waals surface area contributed by atoms with Crippen molar-refractivity contribution < 1.29 is 4.39 Å². The van der Waals surface area contributed by atoms with Crippen LogP contribution in [0.2, 0.25) is 5.02 Å². The third-order valence-corrected chi connectivity index (χ3v) is 4.21. The molecule has 120 valence electrons. The van der Waals surface area contributed by atoms with E-state index in [-0.39, 0.29) is 5.82 Å². The van der Waals surface area contributed by atoms with Gasteiger partial charge in [-0.15, -0.1) is 0 Å². The minimum absolute atomic E-state index is 0.215. The molecule has 0 saturated heterocycles. The number of halogens is 2. The molecule has 21 heavy (non-hydrogen) atoms. The molecule has 4 heteroatoms. The van der Waals surface area contributed by atoms with E-state index in [1.165, 1.54) is 6.07 Å². The molecule has 1 aromatic rings. The molecular formula is C17H28ClFN2. The standard InChI is InChI=1S/C17H28ClFN2/c1-4-10-20-16(9-11-21(5-2)6-3)13-14-12-15(19)7-8-17(14)18/h7-8,12,16,20H,4-6,9-11,13H2,1-3H3. The second-order valence-corrected chi connectivity index (χ2v) is 5.81. The van der Waals surface area contributed by atoms with Crippen LogP contribution in [0.3, 0.4) is 0 Å². The highest BCUT2D eigenvalue weighted by Gasteiger charge is 2.13. The molecule has 0 aromatic heterocycles. The first-order valence-electron chi connectivity index (χ1n) is 8.00. The molecule has 1 rings (SSSR count). The third kappa shape index (κ3) is 6.77. The summed E-state index contributed by atoms with van der Waals surface area (Å²) in [6, 6.07) is 4.95. The minimum atomic E-state index is -0.215. The first kappa shape index (κ1) is 18.4. The van der Waals surface area contributed by atoms with Gasteiger partial charge in [0.2, 0.25) is 0 Å². The molecule has 0 aliphatic carbocycles. The van der Waals surface area contributed by atoms with Gasteiger partial charge in [-0.3, -0.25) is 0 Å². The quantitative estimate of drug-likeness (QED) is 0.699. The number of hydrogen-bond donors (Lipinski definition) is 1. The molecule has 0 bridgehead atoms. The van der Waals surface area contributed by atoms with Gasteiger partial charge in [-0.05, 0) is 69.2 Å². The van der Waals surface area contributed by atoms with Gasteiger partial charge in [-0.1, -0.05) is 32.4 Å². The summed E-state index contributed by atoms with van der Waals surface area (Å²) in [6.07, 6.45) is 2.92. The number of nitrogens with one attached hydrogen (secondary N) is 1. The Kier molecular flexibility index (Phi) is 8.90. The lowest BCUT2D eigenvalue weighted by molar-refractivity contribution is 0.280. The van der Waals surface area contributed by atoms with Crippen molar-refractivity contribution in [3.63, 3.8) is 0 Å². The van der Waals surface area contributed by atoms with E-state index in [0.29, 0.717) is 11.1 Å². The van der Waals surface area contributed by atoms with E-state index < -0.39 is 0 Å². The number of nitrogens with zero attached hydrogens (tertiary/aromatic N) is 1. The Balaban J connectivity index is 2.66. The van der Waals surface area contributed by atoms with E-state index in [1.807, 2.05) is 0 Å². The lowest BCUT2D eigenvalue weighted by Gasteiger charge is -2.24. The van der Waals surface area contributed by atoms with Crippen molar-refractivity contribution in [3.8, 4) is 0 Å². The molecule has 0 heterocycles. The molecule has 0 radical (unpaired) electrons. The summed E-state index contributed by atoms with van der Waals surface area (Å²) < 4.78 is 13.4. The molecule has 1 unspecified atom stereocenters. The van der Waals surface area contributed by atoms with Gasteiger partial charge in [0.15, 0.2) is 0 Å². The van der Waals surface area contributed by atoms with E-state index in [1.54, 1.807) is 12.1 Å². The monoisotopic (exact) mass is 314 g/mol. The van der Waals surface area contributed by atoms with Crippen molar-refractivity contribution in [3.05, 3.63) is 34.6 Å². The van der Waals surface area contributed by atoms with Crippen molar-refractivity contribution in [2.75, 3.05) is 26.2 Å². The number of hydrogen-bond acceptors (Lipinski definition) is 2. The topological polar surface area (TPSA) is 15.3 Å². The van der Waals surface area contributed by atoms with Gasteiger partial charge >= 0.3 is 0 Å². The maximum atomic E-state index is 13.4. The highest BCUT2D eigenvalue weighted by atomic mass is 35.5. The molecule has 0 aliphatic rings. The zero-order chi connectivity index (χ0) is 15.7. The van der Waals surface area contributed by atoms with Crippen molar-refractivity contribution >= 4 is 11.6 Å². The molecule has 1 aromatic carbocycles. The van der Waals surface area contributed by atoms with Gasteiger partial charge in [0.1, 0.15) is 5.82 Å². The Bertz CT molecular complexity index is 408. The smallest absolute Gasteiger partial charge is 0.123 e. The molecule has 0 amide bonds. The molecule has 1 N–H and O–H groups in total. The summed E-state index contributed by atoms with van der Waals surface area (Å²) in [6.45, 7) is 10.7. The Hall–Kier alpha value is -0.640. The Labute approximate surface area is 133 Å². The van der Waals surface area contributed by atoms with Crippen LogP contribution in [0.1, 0.15) is 39.2 Å². The third-order valence-electron chi connectivity index (χ3n) is 3.85. The lowest BCUT2D eigenvalue weighted by atomic mass is 10.0. The van der Waals surface area contributed by atoms with Crippen LogP contribution >= 0.6 is 11.6 Å². The summed E-state index contributed by atoms with van der Waals surface area (Å²) in [5.41, 5.74) is 0.893. The SMILES string of the molecule is CCCNC(CCN(CC)CC)Cc1cc(F)ccc1Cl. The molecule has 2 nitrogen and oxygen atoms in total. The van der Waals surface area contributed by atoms with Crippen LogP contribution in [0, 0.1) is 5.82 Å². The van der Waals surface area contributed by atoms with E-state index in [0.717, 1.165) is 51.0 Å². The largest absolute Gasteiger partial charge is 0.314 e. The highest BCUT2D eigenvalue weighted by molar-refractivity contribution is 6.31. The second kappa shape index (κ2) is 10.1. The average molecular weight is 315 g/mol. The van der Waals surface area contributed by atoms with Gasteiger partial charge < -0.3 is 10.2 Å². The van der Waals surface area contributed by atoms with Crippen LogP contribution in [0.5, 0.6) is 0 Å². The van der Waals surface area contributed by atoms with Crippen LogP contribution in [0.15, 0.2) is 18.2 Å². The van der Waals surface area contributed by atoms with Gasteiger partial charge in [-0.25, -0.2) is 4.39 Å². The van der Waals surface area contributed by atoms with Gasteiger partial charge in [-0.2, -0.15) is 0 Å². The molecule has 0 saturated carbocycles. The highest BCUT2D eigenvalue weighted by Crippen LogP contribution is 2.19. The Morgan fingerprint density at radius 2 is 1.95 bits per heavy atom. The van der Waals surface area contributed by atoms with E-state index in [9.17, 15) is 4.39 Å². The average Bonchev–Trinajstić information content (AvgIpc) is 2.49. The summed E-state index contributed by atoms with van der Waals surface area (Å²) in [5, 5.41) is 4.22. The number of benzene rings is 1. The predicted molar refractivity (Wildman–Crippen MR) is 89.6 cm³/mol. The van der Waals surface area contributed by atoms with Crippen LogP contribution in [0.25, 0.3) is 0 Å². The molecule has 0 fully saturated rings. The lowest BCUT2D eigenvalue weighted by Crippen LogP contribution is -2.36. The van der Waals surface area contributed by atoms with Crippen LogP contribution in [-0.4, -0.2) is 37.1 Å². The van der Waals surface area contributed by atoms with Crippen molar-refractivity contribution in [1.82, 2.24) is 10.2 Å². The fraction of sp³-hybridized carbons (Fsp3) is 0.647. The van der Waals surface area contributed by atoms with Crippen molar-refractivity contribution in [1.29, 1.82) is 0 Å². The zero-order valence-corrected chi connectivity index (χ0v) is 14.2. The fourth-order valence-electron chi connectivity index (χ4n) is 2.47. The molecule has 0 spiro atoms. The van der Waals surface area contributed by atoms with Gasteiger partial charge in [0.05, 0.1) is 0 Å². The Morgan fingerprint density at radius 3 is 2.57 bits per heavy atom. The maximum Gasteiger partial charge on any atom is 0.123 e. The van der Waals surface area contributed by atoms with Crippen LogP contribution in [0.4, 0.5) is 4.39 Å². The maximum absolute atomic E-state index is 13.4. The first-order valence-corrected chi connectivity index (χ1v) is 8.38. The van der Waals surface area contributed by atoms with Gasteiger partial charge in [0, 0.05) is 11.1 Å². The van der Waals surface area contributed by atoms with E-state index in [4.69, 9.17) is 11.6 Å². The summed E-state index contributed by atoms with van der Waals surface area (Å²) in [7, 11) is 0. The second-order valence-electron chi connectivity index (χ2n) is 5.41. The van der Waals surface area contributed by atoms with E-state index >= 15 is 0 Å². The van der Waals surface area contributed by atoms with Gasteiger partial charge in [0.25, 0.3) is 0 Å². The van der Waals surface area contributed by atoms with Crippen LogP contribution in [-0.2, 0) is 6.42 Å². The normalized spacial score (nSPS) is 12.9. The zero-order valence-electron chi connectivity index (χ0n) is 13.5. The summed E-state index contributed by atoms with van der Waals surface area (Å²) in [4.78, 5) is 2.41. The predicted octanol–water partition coefficient (Wildman–Crippen LogP) is 4.12. The number of rotatable bonds is 10. The molecule has 0 aliphatic heterocycles. The fourth-order valence-corrected chi connectivity index (χ4v) is 2.66. The minimum Gasteiger partial charge on any atom is -0.314 e. The summed E-state index contributed by atoms with van der Waals surface area (Å²) >= 11 is 6.19. The van der Waals surface area contributed by atoms with Crippen LogP contribution < -0.4 is 5.32 Å².